The Bertz CT molecular complexity index is 808. The number of carbonyl (C=O) groups excluding carboxylic acids is 2. The molecule has 2 aliphatic rings. The first-order valence-corrected chi connectivity index (χ1v) is 10.0. The molecule has 0 unspecified atom stereocenters. The van der Waals surface area contributed by atoms with Crippen LogP contribution < -0.4 is 0 Å². The minimum Gasteiger partial charge on any atom is -0.336 e. The SMILES string of the molecule is O=C(/C=C/c1ccccc1)N1CC(N2CCN(C(=O)c3nccs3)CC2)C1. The molecule has 1 aromatic carbocycles. The number of nitrogens with zero attached hydrogens (tertiary/aromatic N) is 4. The predicted molar refractivity (Wildman–Crippen MR) is 105 cm³/mol. The molecule has 7 heteroatoms. The summed E-state index contributed by atoms with van der Waals surface area (Å²) in [5, 5.41) is 2.39. The van der Waals surface area contributed by atoms with E-state index in [1.807, 2.05) is 51.6 Å². The van der Waals surface area contributed by atoms with Gasteiger partial charge in [0.05, 0.1) is 0 Å². The molecule has 2 aliphatic heterocycles. The highest BCUT2D eigenvalue weighted by molar-refractivity contribution is 7.11. The molecule has 0 N–H and O–H groups in total. The van der Waals surface area contributed by atoms with Gasteiger partial charge in [-0.1, -0.05) is 30.3 Å². The summed E-state index contributed by atoms with van der Waals surface area (Å²) in [4.78, 5) is 34.8. The monoisotopic (exact) mass is 382 g/mol. The molecule has 0 saturated carbocycles. The lowest BCUT2D eigenvalue weighted by Gasteiger charge is -2.47. The van der Waals surface area contributed by atoms with Gasteiger partial charge < -0.3 is 9.80 Å². The maximum absolute atomic E-state index is 12.3. The first-order valence-electron chi connectivity index (χ1n) is 9.15. The number of amides is 2. The van der Waals surface area contributed by atoms with E-state index in [0.29, 0.717) is 11.0 Å². The number of aromatic nitrogens is 1. The van der Waals surface area contributed by atoms with Crippen molar-refractivity contribution in [3.63, 3.8) is 0 Å². The van der Waals surface area contributed by atoms with Gasteiger partial charge in [-0.15, -0.1) is 11.3 Å². The largest absolute Gasteiger partial charge is 0.336 e. The molecular weight excluding hydrogens is 360 g/mol. The van der Waals surface area contributed by atoms with Crippen molar-refractivity contribution in [1.82, 2.24) is 19.7 Å². The summed E-state index contributed by atoms with van der Waals surface area (Å²) in [6.07, 6.45) is 5.18. The van der Waals surface area contributed by atoms with E-state index in [-0.39, 0.29) is 11.8 Å². The van der Waals surface area contributed by atoms with E-state index >= 15 is 0 Å². The molecule has 2 aromatic rings. The molecule has 4 rings (SSSR count). The highest BCUT2D eigenvalue weighted by Gasteiger charge is 2.36. The summed E-state index contributed by atoms with van der Waals surface area (Å²) in [5.74, 6) is 0.0915. The zero-order chi connectivity index (χ0) is 18.6. The van der Waals surface area contributed by atoms with Crippen LogP contribution in [0.15, 0.2) is 48.0 Å². The number of thiazole rings is 1. The number of rotatable bonds is 4. The first-order chi connectivity index (χ1) is 13.2. The van der Waals surface area contributed by atoms with Crippen molar-refractivity contribution < 1.29 is 9.59 Å². The standard InChI is InChI=1S/C20H22N4O2S/c25-18(7-6-16-4-2-1-3-5-16)24-14-17(15-24)22-9-11-23(12-10-22)20(26)19-21-8-13-27-19/h1-8,13,17H,9-12,14-15H2/b7-6+. The zero-order valence-electron chi connectivity index (χ0n) is 15.0. The van der Waals surface area contributed by atoms with Crippen LogP contribution in [0.3, 0.4) is 0 Å². The molecule has 0 atom stereocenters. The topological polar surface area (TPSA) is 56.8 Å². The summed E-state index contributed by atoms with van der Waals surface area (Å²) < 4.78 is 0. The van der Waals surface area contributed by atoms with Gasteiger partial charge in [0.2, 0.25) is 5.91 Å². The number of likely N-dealkylation sites (tertiary alicyclic amines) is 1. The fourth-order valence-corrected chi connectivity index (χ4v) is 4.06. The molecule has 2 amide bonds. The minimum atomic E-state index is 0.0288. The third-order valence-electron chi connectivity index (χ3n) is 5.13. The van der Waals surface area contributed by atoms with E-state index in [0.717, 1.165) is 44.8 Å². The van der Waals surface area contributed by atoms with Crippen molar-refractivity contribution in [1.29, 1.82) is 0 Å². The Balaban J connectivity index is 1.22. The van der Waals surface area contributed by atoms with Gasteiger partial charge in [0.1, 0.15) is 0 Å². The Morgan fingerprint density at radius 1 is 1.04 bits per heavy atom. The van der Waals surface area contributed by atoms with Crippen LogP contribution in [0.2, 0.25) is 0 Å². The molecule has 2 fully saturated rings. The van der Waals surface area contributed by atoms with Crippen molar-refractivity contribution in [2.24, 2.45) is 0 Å². The van der Waals surface area contributed by atoms with Crippen LogP contribution in [0, 0.1) is 0 Å². The quantitative estimate of drug-likeness (QED) is 0.757. The van der Waals surface area contributed by atoms with Crippen LogP contribution in [0.5, 0.6) is 0 Å². The van der Waals surface area contributed by atoms with E-state index in [4.69, 9.17) is 0 Å². The third-order valence-corrected chi connectivity index (χ3v) is 5.89. The Morgan fingerprint density at radius 3 is 2.44 bits per heavy atom. The maximum Gasteiger partial charge on any atom is 0.282 e. The van der Waals surface area contributed by atoms with E-state index in [1.54, 1.807) is 12.3 Å². The number of hydrogen-bond donors (Lipinski definition) is 0. The molecule has 27 heavy (non-hydrogen) atoms. The maximum atomic E-state index is 12.3. The Labute approximate surface area is 162 Å². The second-order valence-corrected chi connectivity index (χ2v) is 7.70. The van der Waals surface area contributed by atoms with E-state index < -0.39 is 0 Å². The first kappa shape index (κ1) is 17.9. The van der Waals surface area contributed by atoms with E-state index in [9.17, 15) is 9.59 Å². The van der Waals surface area contributed by atoms with Crippen LogP contribution in [-0.4, -0.2) is 76.8 Å². The lowest BCUT2D eigenvalue weighted by atomic mass is 10.1. The summed E-state index contributed by atoms with van der Waals surface area (Å²) in [7, 11) is 0. The van der Waals surface area contributed by atoms with Crippen LogP contribution in [0.4, 0.5) is 0 Å². The predicted octanol–water partition coefficient (Wildman–Crippen LogP) is 1.83. The number of benzene rings is 1. The zero-order valence-corrected chi connectivity index (χ0v) is 15.8. The molecule has 0 bridgehead atoms. The number of piperazine rings is 1. The Morgan fingerprint density at radius 2 is 1.78 bits per heavy atom. The molecule has 0 spiro atoms. The molecule has 140 valence electrons. The summed E-state index contributed by atoms with van der Waals surface area (Å²) in [5.41, 5.74) is 1.03. The highest BCUT2D eigenvalue weighted by Crippen LogP contribution is 2.19. The van der Waals surface area contributed by atoms with E-state index in [2.05, 4.69) is 9.88 Å². The average Bonchev–Trinajstić information content (AvgIpc) is 3.21. The van der Waals surface area contributed by atoms with Crippen molar-refractivity contribution in [2.75, 3.05) is 39.3 Å². The number of carbonyl (C=O) groups is 2. The van der Waals surface area contributed by atoms with Gasteiger partial charge in [0.25, 0.3) is 5.91 Å². The van der Waals surface area contributed by atoms with Crippen molar-refractivity contribution in [2.45, 2.75) is 6.04 Å². The third kappa shape index (κ3) is 4.09. The molecule has 0 radical (unpaired) electrons. The van der Waals surface area contributed by atoms with Crippen molar-refractivity contribution in [3.8, 4) is 0 Å². The van der Waals surface area contributed by atoms with Crippen LogP contribution in [0.1, 0.15) is 15.4 Å². The lowest BCUT2D eigenvalue weighted by molar-refractivity contribution is -0.133. The fourth-order valence-electron chi connectivity index (χ4n) is 3.46. The second kappa shape index (κ2) is 8.02. The summed E-state index contributed by atoms with van der Waals surface area (Å²) in [6.45, 7) is 4.66. The number of hydrogen-bond acceptors (Lipinski definition) is 5. The van der Waals surface area contributed by atoms with E-state index in [1.165, 1.54) is 11.3 Å². The van der Waals surface area contributed by atoms with Crippen LogP contribution in [-0.2, 0) is 4.79 Å². The van der Waals surface area contributed by atoms with Crippen LogP contribution >= 0.6 is 11.3 Å². The van der Waals surface area contributed by atoms with Gasteiger partial charge in [-0.2, -0.15) is 0 Å². The van der Waals surface area contributed by atoms with Gasteiger partial charge >= 0.3 is 0 Å². The Kier molecular flexibility index (Phi) is 5.31. The Hall–Kier alpha value is -2.51. The second-order valence-electron chi connectivity index (χ2n) is 6.81. The minimum absolute atomic E-state index is 0.0288. The smallest absolute Gasteiger partial charge is 0.282 e. The molecular formula is C20H22N4O2S. The molecule has 3 heterocycles. The van der Waals surface area contributed by atoms with Gasteiger partial charge in [-0.3, -0.25) is 14.5 Å². The molecule has 1 aromatic heterocycles. The molecule has 2 saturated heterocycles. The summed E-state index contributed by atoms with van der Waals surface area (Å²) >= 11 is 1.39. The van der Waals surface area contributed by atoms with Gasteiger partial charge in [-0.25, -0.2) is 4.98 Å². The normalized spacial score (nSPS) is 18.7. The average molecular weight is 382 g/mol. The van der Waals surface area contributed by atoms with Crippen molar-refractivity contribution >= 4 is 29.2 Å². The van der Waals surface area contributed by atoms with Gasteiger partial charge in [0.15, 0.2) is 5.01 Å². The highest BCUT2D eigenvalue weighted by atomic mass is 32.1. The van der Waals surface area contributed by atoms with Gasteiger partial charge in [-0.05, 0) is 11.6 Å². The molecule has 0 aliphatic carbocycles. The van der Waals surface area contributed by atoms with Crippen LogP contribution in [0.25, 0.3) is 6.08 Å². The van der Waals surface area contributed by atoms with Crippen molar-refractivity contribution in [3.05, 3.63) is 58.6 Å². The fraction of sp³-hybridized carbons (Fsp3) is 0.350. The lowest BCUT2D eigenvalue weighted by Crippen LogP contribution is -2.64. The molecule has 6 nitrogen and oxygen atoms in total. The van der Waals surface area contributed by atoms with Gasteiger partial charge in [0, 0.05) is 63.0 Å². The summed E-state index contributed by atoms with van der Waals surface area (Å²) in [6, 6.07) is 10.2.